The summed E-state index contributed by atoms with van der Waals surface area (Å²) >= 11 is 1.68. The fourth-order valence-electron chi connectivity index (χ4n) is 4.43. The monoisotopic (exact) mass is 489 g/mol. The molecule has 2 aromatic rings. The summed E-state index contributed by atoms with van der Waals surface area (Å²) in [7, 11) is 0. The van der Waals surface area contributed by atoms with E-state index >= 15 is 0 Å². The van der Waals surface area contributed by atoms with Gasteiger partial charge in [-0.3, -0.25) is 4.79 Å². The molecular weight excluding hydrogens is 457 g/mol. The maximum absolute atomic E-state index is 13.5. The van der Waals surface area contributed by atoms with E-state index in [2.05, 4.69) is 5.32 Å². The van der Waals surface area contributed by atoms with Crippen LogP contribution in [0.5, 0.6) is 5.75 Å². The van der Waals surface area contributed by atoms with E-state index in [0.29, 0.717) is 32.0 Å². The number of hydrogen-bond acceptors (Lipinski definition) is 5. The van der Waals surface area contributed by atoms with Gasteiger partial charge >= 0.3 is 6.03 Å². The lowest BCUT2D eigenvalue weighted by Gasteiger charge is -2.37. The number of thiophene rings is 1. The fourth-order valence-corrected chi connectivity index (χ4v) is 5.36. The van der Waals surface area contributed by atoms with Crippen LogP contribution in [0.2, 0.25) is 0 Å². The molecule has 34 heavy (non-hydrogen) atoms. The lowest BCUT2D eigenvalue weighted by atomic mass is 10.0. The molecule has 0 bridgehead atoms. The summed E-state index contributed by atoms with van der Waals surface area (Å²) in [5.74, 6) is 0.110. The molecule has 4 rings (SSSR count). The van der Waals surface area contributed by atoms with Crippen LogP contribution < -0.4 is 10.1 Å². The summed E-state index contributed by atoms with van der Waals surface area (Å²) in [6, 6.07) is 7.41. The molecule has 1 N–H and O–H groups in total. The van der Waals surface area contributed by atoms with Crippen molar-refractivity contribution in [3.8, 4) is 5.75 Å². The second-order valence-electron chi connectivity index (χ2n) is 8.66. The maximum Gasteiger partial charge on any atom is 0.317 e. The number of carbonyl (C=O) groups is 2. The van der Waals surface area contributed by atoms with Gasteiger partial charge in [0.2, 0.25) is 5.91 Å². The number of amides is 3. The van der Waals surface area contributed by atoms with Crippen LogP contribution in [-0.2, 0) is 16.0 Å². The summed E-state index contributed by atoms with van der Waals surface area (Å²) in [5.41, 5.74) is 1.08. The molecule has 0 saturated carbocycles. The average molecular weight is 490 g/mol. The van der Waals surface area contributed by atoms with Gasteiger partial charge in [0.05, 0.1) is 12.1 Å². The number of nitrogens with one attached hydrogen (secondary N) is 1. The molecule has 3 heterocycles. The van der Waals surface area contributed by atoms with Crippen molar-refractivity contribution in [3.63, 3.8) is 0 Å². The number of benzene rings is 1. The average Bonchev–Trinajstić information content (AvgIpc) is 3.53. The van der Waals surface area contributed by atoms with Crippen molar-refractivity contribution < 1.29 is 23.5 Å². The smallest absolute Gasteiger partial charge is 0.317 e. The lowest BCUT2D eigenvalue weighted by molar-refractivity contribution is -0.135. The van der Waals surface area contributed by atoms with Crippen LogP contribution >= 0.6 is 11.3 Å². The summed E-state index contributed by atoms with van der Waals surface area (Å²) in [6.45, 7) is 4.46. The Hall–Kier alpha value is -2.65. The zero-order valence-corrected chi connectivity index (χ0v) is 20.3. The van der Waals surface area contributed by atoms with Crippen LogP contribution in [0.4, 0.5) is 9.18 Å². The van der Waals surface area contributed by atoms with Crippen molar-refractivity contribution in [2.45, 2.75) is 44.8 Å². The van der Waals surface area contributed by atoms with E-state index in [9.17, 15) is 14.0 Å². The molecule has 1 aromatic carbocycles. The van der Waals surface area contributed by atoms with Crippen LogP contribution in [0, 0.1) is 5.82 Å². The third-order valence-corrected chi connectivity index (χ3v) is 7.22. The molecule has 0 aliphatic carbocycles. The van der Waals surface area contributed by atoms with Crippen LogP contribution in [0.3, 0.4) is 0 Å². The number of fused-ring (bicyclic) bond motifs is 1. The van der Waals surface area contributed by atoms with Gasteiger partial charge in [0.15, 0.2) is 0 Å². The molecule has 1 fully saturated rings. The van der Waals surface area contributed by atoms with Crippen molar-refractivity contribution in [2.24, 2.45) is 0 Å². The first-order chi connectivity index (χ1) is 16.5. The Morgan fingerprint density at radius 3 is 2.85 bits per heavy atom. The number of nitrogens with zero attached hydrogens (tertiary/aromatic N) is 2. The van der Waals surface area contributed by atoms with E-state index in [1.54, 1.807) is 28.4 Å². The third-order valence-electron chi connectivity index (χ3n) is 6.22. The Bertz CT molecular complexity index is 961. The van der Waals surface area contributed by atoms with Crippen molar-refractivity contribution in [1.29, 1.82) is 0 Å². The minimum absolute atomic E-state index is 0.0120. The Morgan fingerprint density at radius 2 is 2.12 bits per heavy atom. The number of ether oxygens (including phenoxy) is 2. The van der Waals surface area contributed by atoms with Crippen LogP contribution in [0.25, 0.3) is 0 Å². The van der Waals surface area contributed by atoms with E-state index in [4.69, 9.17) is 9.47 Å². The van der Waals surface area contributed by atoms with Gasteiger partial charge in [0, 0.05) is 31.1 Å². The number of rotatable bonds is 9. The third kappa shape index (κ3) is 6.07. The molecule has 1 saturated heterocycles. The second kappa shape index (κ2) is 11.7. The van der Waals surface area contributed by atoms with Crippen molar-refractivity contribution >= 4 is 23.3 Å². The fraction of sp³-hybridized carbons (Fsp3) is 0.520. The summed E-state index contributed by atoms with van der Waals surface area (Å²) in [5, 5.41) is 4.93. The molecular formula is C25H32FN3O4S. The molecule has 2 atom stereocenters. The molecule has 2 aliphatic heterocycles. The largest absolute Gasteiger partial charge is 0.491 e. The minimum Gasteiger partial charge on any atom is -0.491 e. The maximum atomic E-state index is 13.5. The highest BCUT2D eigenvalue weighted by Gasteiger charge is 2.34. The van der Waals surface area contributed by atoms with E-state index in [1.807, 2.05) is 23.3 Å². The first-order valence-electron chi connectivity index (χ1n) is 11.9. The van der Waals surface area contributed by atoms with Crippen molar-refractivity contribution in [1.82, 2.24) is 15.1 Å². The zero-order valence-electron chi connectivity index (χ0n) is 19.5. The van der Waals surface area contributed by atoms with Crippen molar-refractivity contribution in [3.05, 3.63) is 52.0 Å². The number of hydrogen-bond donors (Lipinski definition) is 1. The van der Waals surface area contributed by atoms with Gasteiger partial charge in [0.25, 0.3) is 0 Å². The number of urea groups is 1. The number of halogens is 1. The lowest BCUT2D eigenvalue weighted by Crippen LogP contribution is -2.51. The van der Waals surface area contributed by atoms with Crippen LogP contribution in [0.1, 0.15) is 42.7 Å². The molecule has 9 heteroatoms. The SMILES string of the molecule is CCCNC(=O)N(CC(=O)N1CCc2sccc2[C@@H]1COc1ccc(F)cc1)C[C@H]1CCCO1. The highest BCUT2D eigenvalue weighted by Crippen LogP contribution is 2.34. The van der Waals surface area contributed by atoms with Gasteiger partial charge in [0.1, 0.15) is 24.7 Å². The van der Waals surface area contributed by atoms with Gasteiger partial charge in [-0.25, -0.2) is 9.18 Å². The molecule has 1 aromatic heterocycles. The quantitative estimate of drug-likeness (QED) is 0.578. The molecule has 184 valence electrons. The molecule has 3 amide bonds. The number of carbonyl (C=O) groups excluding carboxylic acids is 2. The Kier molecular flexibility index (Phi) is 8.39. The Morgan fingerprint density at radius 1 is 1.29 bits per heavy atom. The van der Waals surface area contributed by atoms with Gasteiger partial charge in [-0.15, -0.1) is 11.3 Å². The first kappa shape index (κ1) is 24.5. The predicted octanol–water partition coefficient (Wildman–Crippen LogP) is 3.99. The molecule has 0 radical (unpaired) electrons. The van der Waals surface area contributed by atoms with Crippen LogP contribution in [0.15, 0.2) is 35.7 Å². The summed E-state index contributed by atoms with van der Waals surface area (Å²) in [6.07, 6.45) is 3.42. The first-order valence-corrected chi connectivity index (χ1v) is 12.8. The van der Waals surface area contributed by atoms with Gasteiger partial charge < -0.3 is 24.6 Å². The Labute approximate surface area is 203 Å². The topological polar surface area (TPSA) is 71.1 Å². The molecule has 0 unspecified atom stereocenters. The molecule has 7 nitrogen and oxygen atoms in total. The van der Waals surface area contributed by atoms with E-state index < -0.39 is 0 Å². The van der Waals surface area contributed by atoms with E-state index in [-0.39, 0.29) is 43.1 Å². The minimum atomic E-state index is -0.324. The van der Waals surface area contributed by atoms with Gasteiger partial charge in [-0.1, -0.05) is 6.92 Å². The highest BCUT2D eigenvalue weighted by atomic mass is 32.1. The van der Waals surface area contributed by atoms with E-state index in [1.165, 1.54) is 17.0 Å². The normalized spacial score (nSPS) is 19.5. The van der Waals surface area contributed by atoms with Gasteiger partial charge in [-0.2, -0.15) is 0 Å². The zero-order chi connectivity index (χ0) is 23.9. The Balaban J connectivity index is 1.47. The van der Waals surface area contributed by atoms with Gasteiger partial charge in [-0.05, 0) is 67.0 Å². The summed E-state index contributed by atoms with van der Waals surface area (Å²) < 4.78 is 24.9. The highest BCUT2D eigenvalue weighted by molar-refractivity contribution is 7.10. The predicted molar refractivity (Wildman–Crippen MR) is 129 cm³/mol. The molecule has 0 spiro atoms. The van der Waals surface area contributed by atoms with Crippen LogP contribution in [-0.4, -0.2) is 67.2 Å². The van der Waals surface area contributed by atoms with Crippen molar-refractivity contribution in [2.75, 3.05) is 39.4 Å². The second-order valence-corrected chi connectivity index (χ2v) is 9.67. The summed E-state index contributed by atoms with van der Waals surface area (Å²) in [4.78, 5) is 31.0. The molecule has 2 aliphatic rings. The van der Waals surface area contributed by atoms with E-state index in [0.717, 1.165) is 31.2 Å². The standard InChI is InChI=1S/C25H32FN3O4S/c1-2-11-27-25(31)28(15-20-4-3-13-32-20)16-24(30)29-12-9-23-21(10-14-34-23)22(29)17-33-19-7-5-18(26)6-8-19/h5-8,10,14,20,22H,2-4,9,11-13,15-17H2,1H3,(H,27,31)/t20-,22+/m1/s1.